The largest absolute Gasteiger partial charge is 0.328 e. The van der Waals surface area contributed by atoms with E-state index in [1.54, 1.807) is 0 Å². The van der Waals surface area contributed by atoms with Crippen LogP contribution in [-0.2, 0) is 6.54 Å². The van der Waals surface area contributed by atoms with Crippen molar-refractivity contribution in [2.75, 3.05) is 0 Å². The number of thiazole rings is 1. The summed E-state index contributed by atoms with van der Waals surface area (Å²) < 4.78 is 1.74. The van der Waals surface area contributed by atoms with Gasteiger partial charge in [0.15, 0.2) is 0 Å². The third-order valence-electron chi connectivity index (χ3n) is 1.97. The highest BCUT2D eigenvalue weighted by Gasteiger charge is 2.04. The highest BCUT2D eigenvalue weighted by Crippen LogP contribution is 2.09. The molecule has 0 unspecified atom stereocenters. The summed E-state index contributed by atoms with van der Waals surface area (Å²) in [5, 5.41) is 2.84. The molecule has 84 valence electrons. The third-order valence-corrected chi connectivity index (χ3v) is 3.35. The molecule has 0 bridgehead atoms. The maximum atomic E-state index is 11.5. The number of aromatic amines is 1. The average Bonchev–Trinajstić information content (AvgIpc) is 2.60. The van der Waals surface area contributed by atoms with Gasteiger partial charge < -0.3 is 0 Å². The number of aromatic nitrogens is 3. The number of aryl methyl sites for hydroxylation is 1. The summed E-state index contributed by atoms with van der Waals surface area (Å²) in [6.07, 6.45) is 1.47. The van der Waals surface area contributed by atoms with E-state index in [1.165, 1.54) is 22.1 Å². The van der Waals surface area contributed by atoms with E-state index in [0.717, 1.165) is 10.7 Å². The first-order valence-corrected chi connectivity index (χ1v) is 6.14. The van der Waals surface area contributed by atoms with Gasteiger partial charge in [0.25, 0.3) is 5.56 Å². The Bertz CT molecular complexity index is 628. The molecule has 0 spiro atoms. The second kappa shape index (κ2) is 4.34. The molecule has 7 heteroatoms. The summed E-state index contributed by atoms with van der Waals surface area (Å²) >= 11 is 4.60. The van der Waals surface area contributed by atoms with Crippen LogP contribution in [-0.4, -0.2) is 14.5 Å². The van der Waals surface area contributed by atoms with Gasteiger partial charge in [-0.2, -0.15) is 0 Å². The van der Waals surface area contributed by atoms with Gasteiger partial charge in [-0.15, -0.1) is 11.3 Å². The van der Waals surface area contributed by atoms with Gasteiger partial charge in [0.2, 0.25) is 0 Å². The average molecular weight is 302 g/mol. The fourth-order valence-electron chi connectivity index (χ4n) is 1.26. The summed E-state index contributed by atoms with van der Waals surface area (Å²) in [5.74, 6) is 0. The van der Waals surface area contributed by atoms with Gasteiger partial charge >= 0.3 is 5.69 Å². The van der Waals surface area contributed by atoms with E-state index in [4.69, 9.17) is 0 Å². The van der Waals surface area contributed by atoms with Crippen LogP contribution in [0.3, 0.4) is 0 Å². The molecule has 2 aromatic heterocycles. The van der Waals surface area contributed by atoms with Crippen molar-refractivity contribution in [1.82, 2.24) is 14.5 Å². The van der Waals surface area contributed by atoms with Crippen molar-refractivity contribution in [2.24, 2.45) is 0 Å². The molecule has 2 rings (SSSR count). The number of halogens is 1. The minimum absolute atomic E-state index is 0.332. The van der Waals surface area contributed by atoms with Gasteiger partial charge in [-0.3, -0.25) is 14.3 Å². The van der Waals surface area contributed by atoms with Crippen LogP contribution in [0.5, 0.6) is 0 Å². The van der Waals surface area contributed by atoms with Gasteiger partial charge in [-0.05, 0) is 22.9 Å². The quantitative estimate of drug-likeness (QED) is 0.903. The van der Waals surface area contributed by atoms with Crippen LogP contribution in [0, 0.1) is 6.92 Å². The number of nitrogens with zero attached hydrogens (tertiary/aromatic N) is 2. The van der Waals surface area contributed by atoms with E-state index in [2.05, 4.69) is 25.9 Å². The topological polar surface area (TPSA) is 67.8 Å². The Morgan fingerprint density at radius 3 is 2.94 bits per heavy atom. The third kappa shape index (κ3) is 2.30. The summed E-state index contributed by atoms with van der Waals surface area (Å²) in [5.41, 5.74) is -0.0434. The monoisotopic (exact) mass is 301 g/mol. The zero-order valence-corrected chi connectivity index (χ0v) is 10.8. The molecule has 1 N–H and O–H groups in total. The summed E-state index contributed by atoms with van der Waals surface area (Å²) in [6.45, 7) is 2.26. The summed E-state index contributed by atoms with van der Waals surface area (Å²) in [4.78, 5) is 29.1. The number of H-pyrrole nitrogens is 1. The molecule has 0 radical (unpaired) electrons. The summed E-state index contributed by atoms with van der Waals surface area (Å²) in [7, 11) is 0. The Balaban J connectivity index is 2.39. The molecular weight excluding hydrogens is 294 g/mol. The van der Waals surface area contributed by atoms with Crippen LogP contribution < -0.4 is 11.2 Å². The SMILES string of the molecule is Cc1nc(Cn2cc(Br)c(=O)[nH]c2=O)cs1. The van der Waals surface area contributed by atoms with Crippen LogP contribution in [0.1, 0.15) is 10.7 Å². The second-order valence-corrected chi connectivity index (χ2v) is 5.14. The van der Waals surface area contributed by atoms with Crippen molar-refractivity contribution in [3.8, 4) is 0 Å². The predicted octanol–water partition coefficient (Wildman–Crippen LogP) is 1.11. The van der Waals surface area contributed by atoms with Crippen molar-refractivity contribution in [3.05, 3.63) is 47.6 Å². The van der Waals surface area contributed by atoms with Crippen molar-refractivity contribution < 1.29 is 0 Å². The van der Waals surface area contributed by atoms with Crippen LogP contribution in [0.25, 0.3) is 0 Å². The Hall–Kier alpha value is -1.21. The lowest BCUT2D eigenvalue weighted by molar-refractivity contribution is 0.703. The standard InChI is InChI=1S/C9H8BrN3O2S/c1-5-11-6(4-16-5)2-13-3-7(10)8(14)12-9(13)15/h3-4H,2H2,1H3,(H,12,14,15). The van der Waals surface area contributed by atoms with Crippen LogP contribution in [0.4, 0.5) is 0 Å². The van der Waals surface area contributed by atoms with E-state index >= 15 is 0 Å². The molecule has 0 aliphatic heterocycles. The number of nitrogens with one attached hydrogen (secondary N) is 1. The molecular formula is C9H8BrN3O2S. The lowest BCUT2D eigenvalue weighted by atomic mass is 10.4. The molecule has 0 fully saturated rings. The van der Waals surface area contributed by atoms with Crippen LogP contribution >= 0.6 is 27.3 Å². The lowest BCUT2D eigenvalue weighted by Gasteiger charge is -2.02. The lowest BCUT2D eigenvalue weighted by Crippen LogP contribution is -2.30. The van der Waals surface area contributed by atoms with Crippen molar-refractivity contribution >= 4 is 27.3 Å². The fraction of sp³-hybridized carbons (Fsp3) is 0.222. The van der Waals surface area contributed by atoms with Crippen LogP contribution in [0.15, 0.2) is 25.6 Å². The number of hydrogen-bond acceptors (Lipinski definition) is 4. The van der Waals surface area contributed by atoms with Gasteiger partial charge in [0, 0.05) is 11.6 Å². The first-order chi connectivity index (χ1) is 7.56. The zero-order chi connectivity index (χ0) is 11.7. The van der Waals surface area contributed by atoms with E-state index in [1.807, 2.05) is 12.3 Å². The fourth-order valence-corrected chi connectivity index (χ4v) is 2.21. The zero-order valence-electron chi connectivity index (χ0n) is 8.36. The Labute approximate surface area is 103 Å². The normalized spacial score (nSPS) is 10.6. The van der Waals surface area contributed by atoms with E-state index in [-0.39, 0.29) is 0 Å². The second-order valence-electron chi connectivity index (χ2n) is 3.22. The van der Waals surface area contributed by atoms with Crippen molar-refractivity contribution in [1.29, 1.82) is 0 Å². The molecule has 2 heterocycles. The van der Waals surface area contributed by atoms with Crippen LogP contribution in [0.2, 0.25) is 0 Å². The molecule has 0 aromatic carbocycles. The molecule has 0 atom stereocenters. The molecule has 16 heavy (non-hydrogen) atoms. The van der Waals surface area contributed by atoms with Crippen molar-refractivity contribution in [2.45, 2.75) is 13.5 Å². The molecule has 2 aromatic rings. The summed E-state index contributed by atoms with van der Waals surface area (Å²) in [6, 6.07) is 0. The minimum Gasteiger partial charge on any atom is -0.293 e. The Morgan fingerprint density at radius 1 is 1.56 bits per heavy atom. The molecule has 0 aliphatic rings. The smallest absolute Gasteiger partial charge is 0.293 e. The maximum Gasteiger partial charge on any atom is 0.328 e. The highest BCUT2D eigenvalue weighted by molar-refractivity contribution is 9.10. The number of rotatable bonds is 2. The van der Waals surface area contributed by atoms with Gasteiger partial charge in [0.1, 0.15) is 0 Å². The van der Waals surface area contributed by atoms with E-state index in [9.17, 15) is 9.59 Å². The highest BCUT2D eigenvalue weighted by atomic mass is 79.9. The minimum atomic E-state index is -0.432. The maximum absolute atomic E-state index is 11.5. The van der Waals surface area contributed by atoms with E-state index in [0.29, 0.717) is 11.0 Å². The predicted molar refractivity (Wildman–Crippen MR) is 65.0 cm³/mol. The molecule has 5 nitrogen and oxygen atoms in total. The number of hydrogen-bond donors (Lipinski definition) is 1. The van der Waals surface area contributed by atoms with Gasteiger partial charge in [-0.25, -0.2) is 9.78 Å². The Morgan fingerprint density at radius 2 is 2.31 bits per heavy atom. The van der Waals surface area contributed by atoms with E-state index < -0.39 is 11.2 Å². The van der Waals surface area contributed by atoms with Crippen molar-refractivity contribution in [3.63, 3.8) is 0 Å². The van der Waals surface area contributed by atoms with Gasteiger partial charge in [-0.1, -0.05) is 0 Å². The molecule has 0 saturated carbocycles. The first kappa shape index (κ1) is 11.3. The molecule has 0 saturated heterocycles. The molecule has 0 amide bonds. The van der Waals surface area contributed by atoms with Gasteiger partial charge in [0.05, 0.1) is 21.7 Å². The molecule has 0 aliphatic carbocycles. The Kier molecular flexibility index (Phi) is 3.06. The first-order valence-electron chi connectivity index (χ1n) is 4.46.